The van der Waals surface area contributed by atoms with Gasteiger partial charge < -0.3 is 4.57 Å². The Morgan fingerprint density at radius 2 is 1.32 bits per heavy atom. The lowest BCUT2D eigenvalue weighted by Crippen LogP contribution is -1.93. The van der Waals surface area contributed by atoms with Crippen LogP contribution in [0.15, 0.2) is 103 Å². The van der Waals surface area contributed by atoms with Gasteiger partial charge in [0.05, 0.1) is 11.2 Å². The molecule has 0 aliphatic heterocycles. The summed E-state index contributed by atoms with van der Waals surface area (Å²) < 4.78 is 2.39. The van der Waals surface area contributed by atoms with E-state index in [0.29, 0.717) is 0 Å². The molecular weight excluding hydrogens is 376 g/mol. The van der Waals surface area contributed by atoms with Gasteiger partial charge in [0, 0.05) is 39.3 Å². The predicted molar refractivity (Wildman–Crippen MR) is 131 cm³/mol. The highest BCUT2D eigenvalue weighted by Gasteiger charge is 2.13. The normalized spacial score (nSPS) is 11.5. The Morgan fingerprint density at radius 3 is 2.16 bits per heavy atom. The van der Waals surface area contributed by atoms with Crippen molar-refractivity contribution in [3.63, 3.8) is 0 Å². The molecule has 6 rings (SSSR count). The molecule has 0 unspecified atom stereocenters. The number of hydrogen-bond donors (Lipinski definition) is 0. The van der Waals surface area contributed by atoms with Gasteiger partial charge in [0.2, 0.25) is 0 Å². The Labute approximate surface area is 181 Å². The summed E-state index contributed by atoms with van der Waals surface area (Å²) in [6, 6.07) is 36.6. The van der Waals surface area contributed by atoms with E-state index in [1.807, 2.05) is 0 Å². The van der Waals surface area contributed by atoms with Crippen LogP contribution in [0.3, 0.4) is 0 Å². The Hall–Kier alpha value is -3.91. The van der Waals surface area contributed by atoms with E-state index in [2.05, 4.69) is 115 Å². The molecule has 0 aliphatic rings. The van der Waals surface area contributed by atoms with Crippen molar-refractivity contribution in [2.45, 2.75) is 13.5 Å². The van der Waals surface area contributed by atoms with Gasteiger partial charge in [-0.3, -0.25) is 0 Å². The zero-order valence-corrected chi connectivity index (χ0v) is 17.4. The molecule has 0 N–H and O–H groups in total. The van der Waals surface area contributed by atoms with Crippen molar-refractivity contribution in [3.05, 3.63) is 103 Å². The summed E-state index contributed by atoms with van der Waals surface area (Å²) in [5, 5.41) is 3.76. The van der Waals surface area contributed by atoms with E-state index in [0.717, 1.165) is 23.3 Å². The molecule has 0 fully saturated rings. The van der Waals surface area contributed by atoms with Crippen LogP contribution in [0.4, 0.5) is 0 Å². The van der Waals surface area contributed by atoms with Crippen LogP contribution < -0.4 is 0 Å². The summed E-state index contributed by atoms with van der Waals surface area (Å²) in [6.45, 7) is 3.16. The third-order valence-corrected chi connectivity index (χ3v) is 6.19. The van der Waals surface area contributed by atoms with Crippen LogP contribution in [0.1, 0.15) is 6.92 Å². The van der Waals surface area contributed by atoms with Gasteiger partial charge in [0.1, 0.15) is 0 Å². The molecule has 6 aromatic rings. The van der Waals surface area contributed by atoms with E-state index >= 15 is 0 Å². The second-order valence-corrected chi connectivity index (χ2v) is 7.93. The molecule has 0 atom stereocenters. The minimum Gasteiger partial charge on any atom is -0.341 e. The lowest BCUT2D eigenvalue weighted by Gasteiger charge is -2.11. The zero-order valence-electron chi connectivity index (χ0n) is 17.4. The van der Waals surface area contributed by atoms with Crippen molar-refractivity contribution in [2.75, 3.05) is 0 Å². The number of aryl methyl sites for hydroxylation is 1. The second-order valence-electron chi connectivity index (χ2n) is 7.93. The molecular formula is C29H22N2. The van der Waals surface area contributed by atoms with Gasteiger partial charge in [-0.1, -0.05) is 72.8 Å². The molecule has 148 valence electrons. The summed E-state index contributed by atoms with van der Waals surface area (Å²) in [4.78, 5) is 5.04. The van der Waals surface area contributed by atoms with Crippen LogP contribution in [0.2, 0.25) is 0 Å². The van der Waals surface area contributed by atoms with Crippen molar-refractivity contribution in [1.29, 1.82) is 0 Å². The molecule has 0 aliphatic carbocycles. The van der Waals surface area contributed by atoms with Crippen molar-refractivity contribution in [2.24, 2.45) is 0 Å². The quantitative estimate of drug-likeness (QED) is 0.299. The van der Waals surface area contributed by atoms with E-state index in [1.165, 1.54) is 38.3 Å². The highest BCUT2D eigenvalue weighted by molar-refractivity contribution is 6.09. The maximum absolute atomic E-state index is 5.04. The fraction of sp³-hybridized carbons (Fsp3) is 0.0690. The average Bonchev–Trinajstić information content (AvgIpc) is 3.17. The van der Waals surface area contributed by atoms with Crippen molar-refractivity contribution >= 4 is 32.7 Å². The van der Waals surface area contributed by atoms with Crippen LogP contribution in [0.5, 0.6) is 0 Å². The second kappa shape index (κ2) is 7.10. The Morgan fingerprint density at radius 1 is 0.613 bits per heavy atom. The van der Waals surface area contributed by atoms with Crippen LogP contribution in [-0.2, 0) is 6.54 Å². The molecule has 4 aromatic carbocycles. The highest BCUT2D eigenvalue weighted by atomic mass is 15.0. The maximum Gasteiger partial charge on any atom is 0.0716 e. The predicted octanol–water partition coefficient (Wildman–Crippen LogP) is 7.70. The summed E-state index contributed by atoms with van der Waals surface area (Å²) in [7, 11) is 0. The molecule has 2 heteroatoms. The van der Waals surface area contributed by atoms with Gasteiger partial charge in [0.15, 0.2) is 0 Å². The lowest BCUT2D eigenvalue weighted by molar-refractivity contribution is 0.827. The van der Waals surface area contributed by atoms with E-state index in [4.69, 9.17) is 4.98 Å². The molecule has 0 bridgehead atoms. The molecule has 2 nitrogen and oxygen atoms in total. The topological polar surface area (TPSA) is 17.8 Å². The average molecular weight is 399 g/mol. The molecule has 0 saturated heterocycles. The summed E-state index contributed by atoms with van der Waals surface area (Å²) in [6.07, 6.45) is 0. The van der Waals surface area contributed by atoms with Gasteiger partial charge in [-0.2, -0.15) is 0 Å². The first-order chi connectivity index (χ1) is 15.3. The smallest absolute Gasteiger partial charge is 0.0716 e. The van der Waals surface area contributed by atoms with E-state index < -0.39 is 0 Å². The molecule has 2 aromatic heterocycles. The monoisotopic (exact) mass is 398 g/mol. The summed E-state index contributed by atoms with van der Waals surface area (Å²) >= 11 is 0. The number of rotatable bonds is 3. The number of benzene rings is 4. The Balaban J connectivity index is 1.63. The number of hydrogen-bond acceptors (Lipinski definition) is 1. The van der Waals surface area contributed by atoms with Crippen LogP contribution in [0, 0.1) is 0 Å². The van der Waals surface area contributed by atoms with Crippen molar-refractivity contribution in [1.82, 2.24) is 9.55 Å². The molecule has 0 amide bonds. The molecule has 0 saturated carbocycles. The van der Waals surface area contributed by atoms with Crippen molar-refractivity contribution < 1.29 is 0 Å². The summed E-state index contributed by atoms with van der Waals surface area (Å²) in [5.74, 6) is 0. The maximum atomic E-state index is 5.04. The number of fused-ring (bicyclic) bond motifs is 4. The van der Waals surface area contributed by atoms with E-state index in [9.17, 15) is 0 Å². The highest BCUT2D eigenvalue weighted by Crippen LogP contribution is 2.35. The number of nitrogens with zero attached hydrogens (tertiary/aromatic N) is 2. The van der Waals surface area contributed by atoms with Crippen LogP contribution in [-0.4, -0.2) is 9.55 Å². The minimum atomic E-state index is 0.954. The third kappa shape index (κ3) is 2.83. The SMILES string of the molecule is CCn1c2ccccc2c2cc(-c3cc(-c4ccccc4)c4ccccc4n3)ccc21. The Bertz CT molecular complexity index is 1560. The number of pyridine rings is 1. The van der Waals surface area contributed by atoms with Gasteiger partial charge in [-0.25, -0.2) is 4.98 Å². The molecule has 2 heterocycles. The summed E-state index contributed by atoms with van der Waals surface area (Å²) in [5.41, 5.74) is 8.17. The first kappa shape index (κ1) is 17.9. The van der Waals surface area contributed by atoms with Gasteiger partial charge in [0.25, 0.3) is 0 Å². The van der Waals surface area contributed by atoms with Crippen LogP contribution in [0.25, 0.3) is 55.1 Å². The zero-order chi connectivity index (χ0) is 20.8. The van der Waals surface area contributed by atoms with E-state index in [1.54, 1.807) is 0 Å². The fourth-order valence-corrected chi connectivity index (χ4v) is 4.73. The molecule has 31 heavy (non-hydrogen) atoms. The number of aromatic nitrogens is 2. The molecule has 0 spiro atoms. The van der Waals surface area contributed by atoms with Gasteiger partial charge >= 0.3 is 0 Å². The van der Waals surface area contributed by atoms with Gasteiger partial charge in [-0.05, 0) is 48.4 Å². The minimum absolute atomic E-state index is 0.954. The largest absolute Gasteiger partial charge is 0.341 e. The first-order valence-corrected chi connectivity index (χ1v) is 10.8. The standard InChI is InChI=1S/C29H22N2/c1-2-31-28-15-9-7-13-23(28)25-18-21(16-17-29(25)31)27-19-24(20-10-4-3-5-11-20)22-12-6-8-14-26(22)30-27/h3-19H,2H2,1H3. The third-order valence-electron chi connectivity index (χ3n) is 6.19. The molecule has 0 radical (unpaired) electrons. The van der Waals surface area contributed by atoms with Gasteiger partial charge in [-0.15, -0.1) is 0 Å². The van der Waals surface area contributed by atoms with Crippen LogP contribution >= 0.6 is 0 Å². The first-order valence-electron chi connectivity index (χ1n) is 10.8. The lowest BCUT2D eigenvalue weighted by atomic mass is 9.98. The number of para-hydroxylation sites is 2. The van der Waals surface area contributed by atoms with E-state index in [-0.39, 0.29) is 0 Å². The van der Waals surface area contributed by atoms with Crippen molar-refractivity contribution in [3.8, 4) is 22.4 Å². The Kier molecular flexibility index (Phi) is 4.10. The fourth-order valence-electron chi connectivity index (χ4n) is 4.73.